The van der Waals surface area contributed by atoms with Crippen molar-refractivity contribution in [3.63, 3.8) is 0 Å². The van der Waals surface area contributed by atoms with Gasteiger partial charge in [-0.15, -0.1) is 0 Å². The zero-order valence-corrected chi connectivity index (χ0v) is 17.8. The van der Waals surface area contributed by atoms with Gasteiger partial charge in [-0.25, -0.2) is 14.8 Å². The van der Waals surface area contributed by atoms with Crippen LogP contribution in [0.2, 0.25) is 0 Å². The third kappa shape index (κ3) is 4.81. The van der Waals surface area contributed by atoms with Gasteiger partial charge in [-0.05, 0) is 31.2 Å². The summed E-state index contributed by atoms with van der Waals surface area (Å²) in [6.07, 6.45) is 4.58. The van der Waals surface area contributed by atoms with E-state index in [4.69, 9.17) is 9.47 Å². The van der Waals surface area contributed by atoms with Gasteiger partial charge in [-0.1, -0.05) is 6.92 Å². The maximum absolute atomic E-state index is 12.1. The molecule has 2 aromatic rings. The number of fused-ring (bicyclic) bond motifs is 1. The average Bonchev–Trinajstić information content (AvgIpc) is 2.76. The van der Waals surface area contributed by atoms with E-state index in [0.29, 0.717) is 17.4 Å². The first-order chi connectivity index (χ1) is 14.1. The predicted molar refractivity (Wildman–Crippen MR) is 114 cm³/mol. The Morgan fingerprint density at radius 2 is 1.90 bits per heavy atom. The minimum absolute atomic E-state index is 0.0112. The molecule has 0 radical (unpaired) electrons. The minimum atomic E-state index is 0.0112. The quantitative estimate of drug-likeness (QED) is 0.768. The summed E-state index contributed by atoms with van der Waals surface area (Å²) in [5.74, 6) is 2.74. The number of methoxy groups -OCH3 is 2. The molecule has 0 atom stereocenters. The first-order valence-electron chi connectivity index (χ1n) is 10.2. The summed E-state index contributed by atoms with van der Waals surface area (Å²) in [6, 6.07) is 3.84. The summed E-state index contributed by atoms with van der Waals surface area (Å²) in [4.78, 5) is 25.1. The van der Waals surface area contributed by atoms with Gasteiger partial charge in [-0.2, -0.15) is 0 Å². The van der Waals surface area contributed by atoms with E-state index in [2.05, 4.69) is 27.1 Å². The fourth-order valence-electron chi connectivity index (χ4n) is 3.79. The number of urea groups is 1. The van der Waals surface area contributed by atoms with Crippen molar-refractivity contribution in [1.29, 1.82) is 0 Å². The highest BCUT2D eigenvalue weighted by Gasteiger charge is 2.24. The first kappa shape index (κ1) is 21.0. The van der Waals surface area contributed by atoms with Crippen LogP contribution < -0.4 is 19.7 Å². The van der Waals surface area contributed by atoms with Gasteiger partial charge >= 0.3 is 6.03 Å². The number of hydrogen-bond acceptors (Lipinski definition) is 6. The highest BCUT2D eigenvalue weighted by atomic mass is 16.5. The molecule has 0 bridgehead atoms. The Labute approximate surface area is 172 Å². The standard InChI is InChI=1S/C21H31N5O3/c1-5-8-22-21(27)25(2)13-15-6-9-26(10-7-15)20-16-11-18(28-3)19(29-4)12-17(16)23-14-24-20/h11-12,14-15H,5-10,13H2,1-4H3,(H,22,27). The molecule has 158 valence electrons. The molecule has 1 fully saturated rings. The van der Waals surface area contributed by atoms with Crippen molar-refractivity contribution >= 4 is 22.8 Å². The molecule has 8 nitrogen and oxygen atoms in total. The number of anilines is 1. The third-order valence-corrected chi connectivity index (χ3v) is 5.44. The lowest BCUT2D eigenvalue weighted by Crippen LogP contribution is -2.43. The Hall–Kier alpha value is -2.77. The van der Waals surface area contributed by atoms with Crippen molar-refractivity contribution in [3.05, 3.63) is 18.5 Å². The van der Waals surface area contributed by atoms with Crippen LogP contribution in [0.5, 0.6) is 11.5 Å². The normalized spacial score (nSPS) is 14.7. The molecule has 0 aliphatic carbocycles. The predicted octanol–water partition coefficient (Wildman–Crippen LogP) is 2.91. The highest BCUT2D eigenvalue weighted by molar-refractivity contribution is 5.92. The summed E-state index contributed by atoms with van der Waals surface area (Å²) < 4.78 is 10.8. The smallest absolute Gasteiger partial charge is 0.317 e. The van der Waals surface area contributed by atoms with Gasteiger partial charge in [-0.3, -0.25) is 0 Å². The van der Waals surface area contributed by atoms with Crippen LogP contribution >= 0.6 is 0 Å². The lowest BCUT2D eigenvalue weighted by Gasteiger charge is -2.35. The molecule has 1 aliphatic heterocycles. The van der Waals surface area contributed by atoms with E-state index in [0.717, 1.165) is 62.2 Å². The second kappa shape index (κ2) is 9.62. The lowest BCUT2D eigenvalue weighted by molar-refractivity contribution is 0.195. The number of rotatable bonds is 7. The summed E-state index contributed by atoms with van der Waals surface area (Å²) in [6.45, 7) is 5.35. The summed E-state index contributed by atoms with van der Waals surface area (Å²) in [5, 5.41) is 3.89. The van der Waals surface area contributed by atoms with Gasteiger partial charge in [0.25, 0.3) is 0 Å². The molecule has 2 heterocycles. The van der Waals surface area contributed by atoms with Crippen LogP contribution in [0.3, 0.4) is 0 Å². The van der Waals surface area contributed by atoms with Crippen LogP contribution in [0, 0.1) is 5.92 Å². The number of carbonyl (C=O) groups excluding carboxylic acids is 1. The van der Waals surface area contributed by atoms with Crippen LogP contribution in [-0.4, -0.2) is 68.3 Å². The molecule has 0 saturated carbocycles. The fourth-order valence-corrected chi connectivity index (χ4v) is 3.79. The molecule has 1 aromatic carbocycles. The topological polar surface area (TPSA) is 79.8 Å². The lowest BCUT2D eigenvalue weighted by atomic mass is 9.96. The number of piperidine rings is 1. The molecule has 2 amide bonds. The van der Waals surface area contributed by atoms with Gasteiger partial charge in [0.05, 0.1) is 19.7 Å². The number of nitrogens with zero attached hydrogens (tertiary/aromatic N) is 4. The second-order valence-corrected chi connectivity index (χ2v) is 7.46. The maximum Gasteiger partial charge on any atom is 0.317 e. The van der Waals surface area contributed by atoms with E-state index < -0.39 is 0 Å². The van der Waals surface area contributed by atoms with Crippen LogP contribution in [-0.2, 0) is 0 Å². The van der Waals surface area contributed by atoms with E-state index in [-0.39, 0.29) is 6.03 Å². The van der Waals surface area contributed by atoms with Crippen molar-refractivity contribution < 1.29 is 14.3 Å². The number of benzene rings is 1. The number of nitrogens with one attached hydrogen (secondary N) is 1. The Morgan fingerprint density at radius 3 is 2.55 bits per heavy atom. The van der Waals surface area contributed by atoms with E-state index in [9.17, 15) is 4.79 Å². The molecule has 3 rings (SSSR count). The highest BCUT2D eigenvalue weighted by Crippen LogP contribution is 2.35. The molecule has 8 heteroatoms. The zero-order valence-electron chi connectivity index (χ0n) is 17.8. The van der Waals surface area contributed by atoms with Crippen LogP contribution in [0.25, 0.3) is 10.9 Å². The second-order valence-electron chi connectivity index (χ2n) is 7.46. The summed E-state index contributed by atoms with van der Waals surface area (Å²) in [5.41, 5.74) is 0.835. The number of carbonyl (C=O) groups is 1. The average molecular weight is 402 g/mol. The third-order valence-electron chi connectivity index (χ3n) is 5.44. The number of aromatic nitrogens is 2. The van der Waals surface area contributed by atoms with Crippen molar-refractivity contribution in [2.24, 2.45) is 5.92 Å². The Bertz CT molecular complexity index is 836. The molecular weight excluding hydrogens is 370 g/mol. The van der Waals surface area contributed by atoms with Crippen molar-refractivity contribution in [1.82, 2.24) is 20.2 Å². The Kier molecular flexibility index (Phi) is 6.95. The summed E-state index contributed by atoms with van der Waals surface area (Å²) in [7, 11) is 5.12. The van der Waals surface area contributed by atoms with Crippen molar-refractivity contribution in [2.45, 2.75) is 26.2 Å². The monoisotopic (exact) mass is 401 g/mol. The van der Waals surface area contributed by atoms with Crippen LogP contribution in [0.15, 0.2) is 18.5 Å². The molecule has 1 aromatic heterocycles. The van der Waals surface area contributed by atoms with Crippen LogP contribution in [0.1, 0.15) is 26.2 Å². The largest absolute Gasteiger partial charge is 0.493 e. The van der Waals surface area contributed by atoms with Crippen molar-refractivity contribution in [3.8, 4) is 11.5 Å². The van der Waals surface area contributed by atoms with E-state index >= 15 is 0 Å². The van der Waals surface area contributed by atoms with Gasteiger partial charge < -0.3 is 24.6 Å². The number of ether oxygens (including phenoxy) is 2. The number of hydrogen-bond donors (Lipinski definition) is 1. The first-order valence-corrected chi connectivity index (χ1v) is 10.2. The summed E-state index contributed by atoms with van der Waals surface area (Å²) >= 11 is 0. The van der Waals surface area contributed by atoms with Gasteiger partial charge in [0.2, 0.25) is 0 Å². The molecule has 1 saturated heterocycles. The molecule has 1 aliphatic rings. The molecule has 0 unspecified atom stereocenters. The van der Waals surface area contributed by atoms with Crippen LogP contribution in [0.4, 0.5) is 10.6 Å². The van der Waals surface area contributed by atoms with Gasteiger partial charge in [0.15, 0.2) is 11.5 Å². The molecule has 0 spiro atoms. The van der Waals surface area contributed by atoms with E-state index in [1.54, 1.807) is 25.4 Å². The molecular formula is C21H31N5O3. The molecule has 29 heavy (non-hydrogen) atoms. The molecule has 1 N–H and O–H groups in total. The SMILES string of the molecule is CCCNC(=O)N(C)CC1CCN(c2ncnc3cc(OC)c(OC)cc23)CC1. The fraction of sp³-hybridized carbons (Fsp3) is 0.571. The minimum Gasteiger partial charge on any atom is -0.493 e. The van der Waals surface area contributed by atoms with Gasteiger partial charge in [0.1, 0.15) is 12.1 Å². The van der Waals surface area contributed by atoms with E-state index in [1.807, 2.05) is 19.2 Å². The van der Waals surface area contributed by atoms with Crippen molar-refractivity contribution in [2.75, 3.05) is 52.3 Å². The Balaban J connectivity index is 1.68. The van der Waals surface area contributed by atoms with Gasteiger partial charge in [0, 0.05) is 44.7 Å². The zero-order chi connectivity index (χ0) is 20.8. The number of amides is 2. The maximum atomic E-state index is 12.1. The van der Waals surface area contributed by atoms with E-state index in [1.165, 1.54) is 0 Å². The Morgan fingerprint density at radius 1 is 1.21 bits per heavy atom.